The number of anilines is 3. The van der Waals surface area contributed by atoms with Crippen LogP contribution in [0.4, 0.5) is 35.0 Å². The number of amides is 1. The SMILES string of the molecule is COc1cc(C(=O)NC2CCOCC2)c(F)cc1Nc1ncc(C(F)(F)F)c(N[C@@H]2Cc3ccccc3[C@H]2N(C)S(C)(=O)=O)n1. The molecule has 0 spiro atoms. The van der Waals surface area contributed by atoms with Crippen LogP contribution in [-0.4, -0.2) is 74.3 Å². The second-order valence-electron chi connectivity index (χ2n) is 10.8. The lowest BCUT2D eigenvalue weighted by molar-refractivity contribution is -0.137. The number of carbonyl (C=O) groups is 1. The van der Waals surface area contributed by atoms with Gasteiger partial charge in [0.1, 0.15) is 22.9 Å². The average Bonchev–Trinajstić information content (AvgIpc) is 3.34. The summed E-state index contributed by atoms with van der Waals surface area (Å²) in [7, 11) is -1.08. The Morgan fingerprint density at radius 1 is 1.16 bits per heavy atom. The molecule has 1 aliphatic heterocycles. The summed E-state index contributed by atoms with van der Waals surface area (Å²) in [5.74, 6) is -2.45. The molecule has 1 aliphatic carbocycles. The molecule has 2 heterocycles. The number of alkyl halides is 3. The summed E-state index contributed by atoms with van der Waals surface area (Å²) >= 11 is 0. The predicted molar refractivity (Wildman–Crippen MR) is 157 cm³/mol. The van der Waals surface area contributed by atoms with Gasteiger partial charge in [-0.25, -0.2) is 17.8 Å². The Bertz CT molecular complexity index is 1680. The molecule has 0 unspecified atom stereocenters. The van der Waals surface area contributed by atoms with Crippen LogP contribution in [0, 0.1) is 5.82 Å². The van der Waals surface area contributed by atoms with E-state index in [2.05, 4.69) is 25.9 Å². The summed E-state index contributed by atoms with van der Waals surface area (Å²) in [6, 6.07) is 7.34. The quantitative estimate of drug-likeness (QED) is 0.290. The minimum absolute atomic E-state index is 0.0209. The minimum Gasteiger partial charge on any atom is -0.495 e. The van der Waals surface area contributed by atoms with Gasteiger partial charge >= 0.3 is 6.18 Å². The lowest BCUT2D eigenvalue weighted by Gasteiger charge is -2.30. The fourth-order valence-corrected chi connectivity index (χ4v) is 6.19. The van der Waals surface area contributed by atoms with Crippen LogP contribution in [0.1, 0.15) is 45.9 Å². The summed E-state index contributed by atoms with van der Waals surface area (Å²) in [5.41, 5.74) is -0.0570. The van der Waals surface area contributed by atoms with Crippen molar-refractivity contribution in [2.45, 2.75) is 43.6 Å². The molecule has 0 radical (unpaired) electrons. The van der Waals surface area contributed by atoms with Crippen LogP contribution >= 0.6 is 0 Å². The molecule has 45 heavy (non-hydrogen) atoms. The number of benzene rings is 2. The van der Waals surface area contributed by atoms with Gasteiger partial charge in [0.25, 0.3) is 5.91 Å². The second kappa shape index (κ2) is 12.8. The first kappa shape index (κ1) is 32.4. The number of hydrogen-bond acceptors (Lipinski definition) is 9. The summed E-state index contributed by atoms with van der Waals surface area (Å²) < 4.78 is 94.1. The van der Waals surface area contributed by atoms with Crippen LogP contribution < -0.4 is 20.7 Å². The van der Waals surface area contributed by atoms with Gasteiger partial charge in [-0.15, -0.1) is 0 Å². The molecule has 0 saturated carbocycles. The van der Waals surface area contributed by atoms with E-state index in [9.17, 15) is 26.4 Å². The van der Waals surface area contributed by atoms with E-state index in [0.717, 1.165) is 22.2 Å². The van der Waals surface area contributed by atoms with Crippen LogP contribution in [0.3, 0.4) is 0 Å². The van der Waals surface area contributed by atoms with Gasteiger partial charge in [-0.3, -0.25) is 4.79 Å². The normalized spacial score (nSPS) is 18.8. The fourth-order valence-electron chi connectivity index (χ4n) is 5.51. The van der Waals surface area contributed by atoms with Crippen molar-refractivity contribution in [2.75, 3.05) is 44.3 Å². The third-order valence-electron chi connectivity index (χ3n) is 7.86. The van der Waals surface area contributed by atoms with E-state index in [1.807, 2.05) is 0 Å². The summed E-state index contributed by atoms with van der Waals surface area (Å²) in [4.78, 5) is 20.6. The van der Waals surface area contributed by atoms with E-state index in [1.54, 1.807) is 24.3 Å². The summed E-state index contributed by atoms with van der Waals surface area (Å²) in [6.07, 6.45) is -1.86. The highest BCUT2D eigenvalue weighted by Crippen LogP contribution is 2.41. The number of nitrogens with one attached hydrogen (secondary N) is 3. The molecular weight excluding hydrogens is 620 g/mol. The number of likely N-dealkylation sites (N-methyl/N-ethyl adjacent to an activating group) is 1. The molecule has 11 nitrogen and oxygen atoms in total. The van der Waals surface area contributed by atoms with E-state index < -0.39 is 51.4 Å². The Morgan fingerprint density at radius 3 is 2.53 bits per heavy atom. The molecule has 0 bridgehead atoms. The van der Waals surface area contributed by atoms with Crippen LogP contribution in [0.2, 0.25) is 0 Å². The van der Waals surface area contributed by atoms with Crippen molar-refractivity contribution < 1.29 is 40.2 Å². The Kier molecular flexibility index (Phi) is 9.19. The highest BCUT2D eigenvalue weighted by molar-refractivity contribution is 7.88. The van der Waals surface area contributed by atoms with Gasteiger partial charge in [-0.05, 0) is 36.5 Å². The molecule has 3 N–H and O–H groups in total. The van der Waals surface area contributed by atoms with Crippen LogP contribution in [-0.2, 0) is 27.4 Å². The lowest BCUT2D eigenvalue weighted by Crippen LogP contribution is -2.39. The second-order valence-corrected chi connectivity index (χ2v) is 12.9. The van der Waals surface area contributed by atoms with Crippen LogP contribution in [0.5, 0.6) is 5.75 Å². The molecule has 1 fully saturated rings. The van der Waals surface area contributed by atoms with Crippen molar-refractivity contribution in [2.24, 2.45) is 0 Å². The molecule has 5 rings (SSSR count). The Hall–Kier alpha value is -4.02. The number of hydrogen-bond donors (Lipinski definition) is 3. The molecule has 242 valence electrons. The summed E-state index contributed by atoms with van der Waals surface area (Å²) in [5, 5.41) is 8.26. The number of fused-ring (bicyclic) bond motifs is 1. The Morgan fingerprint density at radius 2 is 1.87 bits per heavy atom. The standard InChI is InChI=1S/C29H32F4N6O5S/c1-39(45(3,41)42)25-18-7-5-4-6-16(18)12-23(25)36-26-20(29(31,32)33)15-34-28(38-26)37-22-14-21(30)19(13-24(22)43-2)27(40)35-17-8-10-44-11-9-17/h4-7,13-15,17,23,25H,8-12H2,1-3H3,(H,35,40)(H2,34,36,37,38)/t23-,25-/m1/s1. The van der Waals surface area contributed by atoms with Crippen molar-refractivity contribution in [1.29, 1.82) is 0 Å². The maximum absolute atomic E-state index is 15.2. The van der Waals surface area contributed by atoms with E-state index in [4.69, 9.17) is 9.47 Å². The number of halogens is 4. The molecule has 2 atom stereocenters. The van der Waals surface area contributed by atoms with E-state index >= 15 is 4.39 Å². The van der Waals surface area contributed by atoms with Gasteiger partial charge in [0, 0.05) is 38.6 Å². The van der Waals surface area contributed by atoms with Crippen LogP contribution in [0.25, 0.3) is 0 Å². The molecule has 1 amide bonds. The first-order valence-corrected chi connectivity index (χ1v) is 15.9. The molecule has 1 saturated heterocycles. The van der Waals surface area contributed by atoms with Gasteiger partial charge in [-0.1, -0.05) is 24.3 Å². The van der Waals surface area contributed by atoms with Gasteiger partial charge in [0.05, 0.1) is 36.7 Å². The third kappa shape index (κ3) is 7.12. The molecule has 1 aromatic heterocycles. The van der Waals surface area contributed by atoms with E-state index in [0.29, 0.717) is 37.8 Å². The molecular formula is C29H32F4N6O5S. The largest absolute Gasteiger partial charge is 0.495 e. The lowest BCUT2D eigenvalue weighted by atomic mass is 10.1. The Labute approximate surface area is 257 Å². The first-order chi connectivity index (χ1) is 21.3. The number of carbonyl (C=O) groups excluding carboxylic acids is 1. The van der Waals surface area contributed by atoms with Gasteiger partial charge in [0.2, 0.25) is 16.0 Å². The number of rotatable bonds is 9. The number of nitrogens with zero attached hydrogens (tertiary/aromatic N) is 3. The smallest absolute Gasteiger partial charge is 0.421 e. The maximum atomic E-state index is 15.2. The summed E-state index contributed by atoms with van der Waals surface area (Å²) in [6.45, 7) is 0.957. The van der Waals surface area contributed by atoms with Crippen LogP contribution in [0.15, 0.2) is 42.6 Å². The zero-order valence-corrected chi connectivity index (χ0v) is 25.4. The predicted octanol–water partition coefficient (Wildman–Crippen LogP) is 4.26. The van der Waals surface area contributed by atoms with Crippen molar-refractivity contribution >= 4 is 33.4 Å². The Balaban J connectivity index is 1.44. The number of ether oxygens (including phenoxy) is 2. The van der Waals surface area contributed by atoms with Crippen molar-refractivity contribution in [3.63, 3.8) is 0 Å². The number of sulfonamides is 1. The van der Waals surface area contributed by atoms with Crippen molar-refractivity contribution in [3.8, 4) is 5.75 Å². The third-order valence-corrected chi connectivity index (χ3v) is 9.14. The zero-order chi connectivity index (χ0) is 32.5. The maximum Gasteiger partial charge on any atom is 0.421 e. The number of methoxy groups -OCH3 is 1. The topological polar surface area (TPSA) is 135 Å². The van der Waals surface area contributed by atoms with Crippen molar-refractivity contribution in [3.05, 3.63) is 70.7 Å². The zero-order valence-electron chi connectivity index (χ0n) is 24.6. The van der Waals surface area contributed by atoms with Crippen molar-refractivity contribution in [1.82, 2.24) is 19.6 Å². The molecule has 2 aliphatic rings. The van der Waals surface area contributed by atoms with Gasteiger partial charge in [-0.2, -0.15) is 22.5 Å². The minimum atomic E-state index is -4.85. The first-order valence-electron chi connectivity index (χ1n) is 14.0. The fraction of sp³-hybridized carbons (Fsp3) is 0.414. The van der Waals surface area contributed by atoms with E-state index in [1.165, 1.54) is 20.2 Å². The van der Waals surface area contributed by atoms with Gasteiger partial charge < -0.3 is 25.4 Å². The monoisotopic (exact) mass is 652 g/mol. The van der Waals surface area contributed by atoms with Gasteiger partial charge in [0.15, 0.2) is 0 Å². The molecule has 2 aromatic carbocycles. The van der Waals surface area contributed by atoms with E-state index in [-0.39, 0.29) is 35.4 Å². The molecule has 3 aromatic rings. The highest BCUT2D eigenvalue weighted by atomic mass is 32.2. The molecule has 16 heteroatoms. The highest BCUT2D eigenvalue weighted by Gasteiger charge is 2.41. The number of aromatic nitrogens is 2. The average molecular weight is 653 g/mol.